The Bertz CT molecular complexity index is 324. The van der Waals surface area contributed by atoms with Crippen LogP contribution >= 0.6 is 0 Å². The average molecular weight is 298 g/mol. The van der Waals surface area contributed by atoms with Crippen LogP contribution in [0.15, 0.2) is 0 Å². The van der Waals surface area contributed by atoms with Crippen LogP contribution < -0.4 is 5.32 Å². The third-order valence-corrected chi connectivity index (χ3v) is 5.46. The molecule has 4 heteroatoms. The lowest BCUT2D eigenvalue weighted by atomic mass is 9.77. The highest BCUT2D eigenvalue weighted by atomic mass is 16.5. The first-order valence-corrected chi connectivity index (χ1v) is 8.65. The number of hydrogen-bond acceptors (Lipinski definition) is 4. The smallest absolute Gasteiger partial charge is 0.0724 e. The average Bonchev–Trinajstić information content (AvgIpc) is 2.47. The molecule has 0 aromatic heterocycles. The van der Waals surface area contributed by atoms with E-state index in [2.05, 4.69) is 31.0 Å². The molecule has 4 atom stereocenters. The zero-order chi connectivity index (χ0) is 15.5. The van der Waals surface area contributed by atoms with Crippen LogP contribution in [0.25, 0.3) is 0 Å². The highest BCUT2D eigenvalue weighted by Gasteiger charge is 2.40. The molecule has 1 heterocycles. The number of methoxy groups -OCH3 is 1. The molecular formula is C17H34N2O2. The van der Waals surface area contributed by atoms with Gasteiger partial charge in [-0.15, -0.1) is 0 Å². The Morgan fingerprint density at radius 2 is 2.14 bits per heavy atom. The monoisotopic (exact) mass is 298 g/mol. The lowest BCUT2D eigenvalue weighted by Crippen LogP contribution is -2.59. The molecule has 0 aromatic rings. The predicted octanol–water partition coefficient (Wildman–Crippen LogP) is 2.01. The van der Waals surface area contributed by atoms with Gasteiger partial charge in [0, 0.05) is 31.3 Å². The van der Waals surface area contributed by atoms with Crippen molar-refractivity contribution < 1.29 is 9.84 Å². The van der Waals surface area contributed by atoms with Crippen molar-refractivity contribution >= 4 is 0 Å². The maximum Gasteiger partial charge on any atom is 0.0724 e. The van der Waals surface area contributed by atoms with Crippen molar-refractivity contribution in [2.75, 3.05) is 26.8 Å². The molecule has 2 rings (SSSR count). The molecule has 1 saturated carbocycles. The molecule has 4 nitrogen and oxygen atoms in total. The minimum Gasteiger partial charge on any atom is -0.394 e. The van der Waals surface area contributed by atoms with Crippen LogP contribution in [0.2, 0.25) is 0 Å². The number of piperidine rings is 1. The fraction of sp³-hybridized carbons (Fsp3) is 1.00. The Morgan fingerprint density at radius 1 is 1.38 bits per heavy atom. The van der Waals surface area contributed by atoms with Gasteiger partial charge < -0.3 is 15.2 Å². The second kappa shape index (κ2) is 7.40. The summed E-state index contributed by atoms with van der Waals surface area (Å²) >= 11 is 0. The summed E-state index contributed by atoms with van der Waals surface area (Å²) in [5.74, 6) is 0.659. The van der Waals surface area contributed by atoms with Crippen LogP contribution in [0, 0.1) is 5.92 Å². The van der Waals surface area contributed by atoms with E-state index in [1.54, 1.807) is 0 Å². The van der Waals surface area contributed by atoms with E-state index in [0.717, 1.165) is 19.4 Å². The van der Waals surface area contributed by atoms with Gasteiger partial charge in [0.25, 0.3) is 0 Å². The molecule has 1 aliphatic heterocycles. The van der Waals surface area contributed by atoms with Crippen LogP contribution in [0.5, 0.6) is 0 Å². The molecule has 124 valence electrons. The summed E-state index contributed by atoms with van der Waals surface area (Å²) in [5, 5.41) is 13.6. The molecule has 0 aromatic carbocycles. The van der Waals surface area contributed by atoms with Gasteiger partial charge in [0.05, 0.1) is 12.7 Å². The maximum atomic E-state index is 9.94. The summed E-state index contributed by atoms with van der Waals surface area (Å²) in [6, 6.07) is 1.01. The Hall–Kier alpha value is -0.160. The topological polar surface area (TPSA) is 44.7 Å². The van der Waals surface area contributed by atoms with Gasteiger partial charge in [0.1, 0.15) is 0 Å². The zero-order valence-electron chi connectivity index (χ0n) is 14.3. The van der Waals surface area contributed by atoms with Crippen molar-refractivity contribution in [1.82, 2.24) is 10.2 Å². The van der Waals surface area contributed by atoms with Crippen molar-refractivity contribution in [2.45, 2.75) is 76.6 Å². The second-order valence-corrected chi connectivity index (χ2v) is 7.52. The van der Waals surface area contributed by atoms with Gasteiger partial charge in [0.15, 0.2) is 0 Å². The third-order valence-electron chi connectivity index (χ3n) is 5.46. The molecule has 1 aliphatic carbocycles. The predicted molar refractivity (Wildman–Crippen MR) is 86.5 cm³/mol. The Morgan fingerprint density at radius 3 is 2.76 bits per heavy atom. The molecule has 0 spiro atoms. The number of hydrogen-bond donors (Lipinski definition) is 2. The standard InChI is InChI=1S/C17H34N2O2/c1-13(2)18-17(12-20)8-5-6-15(10-17)19-9-7-14(3)16(11-19)21-4/h13-16,18,20H,5-12H2,1-4H3. The Balaban J connectivity index is 2.00. The molecule has 21 heavy (non-hydrogen) atoms. The summed E-state index contributed by atoms with van der Waals surface area (Å²) in [5.41, 5.74) is -0.0806. The molecule has 2 N–H and O–H groups in total. The number of nitrogens with one attached hydrogen (secondary N) is 1. The van der Waals surface area contributed by atoms with Gasteiger partial charge in [-0.05, 0) is 44.6 Å². The molecule has 0 bridgehead atoms. The van der Waals surface area contributed by atoms with Crippen LogP contribution in [0.4, 0.5) is 0 Å². The minimum atomic E-state index is -0.0806. The van der Waals surface area contributed by atoms with Gasteiger partial charge in [0.2, 0.25) is 0 Å². The maximum absolute atomic E-state index is 9.94. The Kier molecular flexibility index (Phi) is 6.06. The van der Waals surface area contributed by atoms with E-state index in [1.807, 2.05) is 7.11 Å². The van der Waals surface area contributed by atoms with E-state index >= 15 is 0 Å². The highest BCUT2D eigenvalue weighted by molar-refractivity contribution is 4.98. The van der Waals surface area contributed by atoms with E-state index in [1.165, 1.54) is 25.8 Å². The van der Waals surface area contributed by atoms with Crippen LogP contribution in [0.1, 0.15) is 52.9 Å². The van der Waals surface area contributed by atoms with Crippen molar-refractivity contribution in [2.24, 2.45) is 5.92 Å². The first-order valence-electron chi connectivity index (χ1n) is 8.65. The first-order chi connectivity index (χ1) is 9.99. The summed E-state index contributed by atoms with van der Waals surface area (Å²) in [6.45, 7) is 9.11. The normalized spacial score (nSPS) is 38.9. The van der Waals surface area contributed by atoms with Gasteiger partial charge >= 0.3 is 0 Å². The summed E-state index contributed by atoms with van der Waals surface area (Å²) in [7, 11) is 1.84. The second-order valence-electron chi connectivity index (χ2n) is 7.52. The SMILES string of the molecule is COC1CN(C2CCCC(CO)(NC(C)C)C2)CCC1C. The number of likely N-dealkylation sites (tertiary alicyclic amines) is 1. The van der Waals surface area contributed by atoms with E-state index in [0.29, 0.717) is 24.1 Å². The summed E-state index contributed by atoms with van der Waals surface area (Å²) in [4.78, 5) is 2.61. The quantitative estimate of drug-likeness (QED) is 0.815. The van der Waals surface area contributed by atoms with E-state index in [4.69, 9.17) is 4.74 Å². The van der Waals surface area contributed by atoms with Gasteiger partial charge in [-0.1, -0.05) is 20.8 Å². The van der Waals surface area contributed by atoms with Gasteiger partial charge in [-0.25, -0.2) is 0 Å². The largest absolute Gasteiger partial charge is 0.394 e. The zero-order valence-corrected chi connectivity index (χ0v) is 14.3. The lowest BCUT2D eigenvalue weighted by Gasteiger charge is -2.48. The van der Waals surface area contributed by atoms with Crippen molar-refractivity contribution in [3.8, 4) is 0 Å². The van der Waals surface area contributed by atoms with E-state index in [9.17, 15) is 5.11 Å². The van der Waals surface area contributed by atoms with Gasteiger partial charge in [-0.2, -0.15) is 0 Å². The molecule has 1 saturated heterocycles. The number of ether oxygens (including phenoxy) is 1. The van der Waals surface area contributed by atoms with E-state index < -0.39 is 0 Å². The molecule has 2 fully saturated rings. The first kappa shape index (κ1) is 17.2. The highest BCUT2D eigenvalue weighted by Crippen LogP contribution is 2.33. The lowest BCUT2D eigenvalue weighted by molar-refractivity contribution is -0.0356. The molecule has 2 aliphatic rings. The fourth-order valence-corrected chi connectivity index (χ4v) is 4.27. The van der Waals surface area contributed by atoms with Crippen LogP contribution in [-0.2, 0) is 4.74 Å². The van der Waals surface area contributed by atoms with Crippen LogP contribution in [0.3, 0.4) is 0 Å². The molecule has 0 radical (unpaired) electrons. The number of nitrogens with zero attached hydrogens (tertiary/aromatic N) is 1. The molecule has 0 amide bonds. The van der Waals surface area contributed by atoms with Crippen molar-refractivity contribution in [3.05, 3.63) is 0 Å². The summed E-state index contributed by atoms with van der Waals surface area (Å²) in [6.07, 6.45) is 6.20. The van der Waals surface area contributed by atoms with Crippen molar-refractivity contribution in [3.63, 3.8) is 0 Å². The Labute approximate surface area is 130 Å². The molecule has 4 unspecified atom stereocenters. The third kappa shape index (κ3) is 4.19. The summed E-state index contributed by atoms with van der Waals surface area (Å²) < 4.78 is 5.66. The van der Waals surface area contributed by atoms with E-state index in [-0.39, 0.29) is 12.1 Å². The fourth-order valence-electron chi connectivity index (χ4n) is 4.27. The minimum absolute atomic E-state index is 0.0806. The van der Waals surface area contributed by atoms with Gasteiger partial charge in [-0.3, -0.25) is 4.90 Å². The van der Waals surface area contributed by atoms with Crippen molar-refractivity contribution in [1.29, 1.82) is 0 Å². The number of aliphatic hydroxyl groups excluding tert-OH is 1. The number of aliphatic hydroxyl groups is 1. The van der Waals surface area contributed by atoms with Crippen LogP contribution in [-0.4, -0.2) is 60.5 Å². The molecular weight excluding hydrogens is 264 g/mol. The number of rotatable bonds is 5.